The van der Waals surface area contributed by atoms with Crippen LogP contribution >= 0.6 is 0 Å². The fourth-order valence-corrected chi connectivity index (χ4v) is 1.59. The van der Waals surface area contributed by atoms with E-state index in [4.69, 9.17) is 0 Å². The highest BCUT2D eigenvalue weighted by molar-refractivity contribution is 5.81. The summed E-state index contributed by atoms with van der Waals surface area (Å²) in [5.41, 5.74) is 0. The van der Waals surface area contributed by atoms with Gasteiger partial charge in [0.05, 0.1) is 14.2 Å². The van der Waals surface area contributed by atoms with Crippen molar-refractivity contribution < 1.29 is 19.1 Å². The number of allylic oxidation sites excluding steroid dienone is 1. The van der Waals surface area contributed by atoms with Crippen LogP contribution in [0.4, 0.5) is 0 Å². The van der Waals surface area contributed by atoms with E-state index >= 15 is 0 Å². The normalized spacial score (nSPS) is 10.6. The molecule has 0 heterocycles. The summed E-state index contributed by atoms with van der Waals surface area (Å²) in [4.78, 5) is 21.6. The largest absolute Gasteiger partial charge is 0.469 e. The highest BCUT2D eigenvalue weighted by Gasteiger charge is 1.98. The summed E-state index contributed by atoms with van der Waals surface area (Å²) in [5.74, 6) is -0.416. The van der Waals surface area contributed by atoms with Gasteiger partial charge < -0.3 is 9.47 Å². The van der Waals surface area contributed by atoms with Crippen LogP contribution in [0.5, 0.6) is 0 Å². The van der Waals surface area contributed by atoms with Crippen LogP contribution in [0.1, 0.15) is 51.4 Å². The molecule has 0 aliphatic heterocycles. The predicted octanol–water partition coefficient (Wildman–Crippen LogP) is 3.01. The lowest BCUT2D eigenvalue weighted by Gasteiger charge is -2.00. The second-order valence-corrected chi connectivity index (χ2v) is 4.16. The van der Waals surface area contributed by atoms with Gasteiger partial charge in [0.25, 0.3) is 0 Å². The highest BCUT2D eigenvalue weighted by Crippen LogP contribution is 2.09. The van der Waals surface area contributed by atoms with Gasteiger partial charge in [-0.2, -0.15) is 0 Å². The maximum absolute atomic E-state index is 10.8. The third kappa shape index (κ3) is 11.2. The molecule has 104 valence electrons. The Kier molecular flexibility index (Phi) is 11.3. The monoisotopic (exact) mass is 256 g/mol. The summed E-state index contributed by atoms with van der Waals surface area (Å²) in [6.07, 6.45) is 11.3. The summed E-state index contributed by atoms with van der Waals surface area (Å²) in [5, 5.41) is 0. The van der Waals surface area contributed by atoms with Crippen LogP contribution in [-0.4, -0.2) is 26.2 Å². The summed E-state index contributed by atoms with van der Waals surface area (Å²) in [6.45, 7) is 0. The van der Waals surface area contributed by atoms with E-state index in [1.54, 1.807) is 0 Å². The standard InChI is InChI=1S/C14H24O4/c1-17-13(15)11-9-7-5-3-4-6-8-10-12-14(16)18-2/h9,11H,3-8,10,12H2,1-2H3. The zero-order valence-corrected chi connectivity index (χ0v) is 11.4. The molecule has 0 aliphatic rings. The van der Waals surface area contributed by atoms with Gasteiger partial charge in [0.15, 0.2) is 0 Å². The van der Waals surface area contributed by atoms with E-state index in [0.717, 1.165) is 38.5 Å². The number of ether oxygens (including phenoxy) is 2. The van der Waals surface area contributed by atoms with Crippen molar-refractivity contribution in [2.75, 3.05) is 14.2 Å². The van der Waals surface area contributed by atoms with Crippen molar-refractivity contribution in [3.05, 3.63) is 12.2 Å². The van der Waals surface area contributed by atoms with E-state index in [1.807, 2.05) is 6.08 Å². The molecule has 0 rings (SSSR count). The molecule has 0 aromatic heterocycles. The molecule has 0 saturated heterocycles. The van der Waals surface area contributed by atoms with E-state index in [1.165, 1.54) is 26.7 Å². The van der Waals surface area contributed by atoms with Crippen LogP contribution in [0.15, 0.2) is 12.2 Å². The number of hydrogen-bond donors (Lipinski definition) is 0. The van der Waals surface area contributed by atoms with E-state index in [-0.39, 0.29) is 11.9 Å². The number of hydrogen-bond acceptors (Lipinski definition) is 4. The summed E-state index contributed by atoms with van der Waals surface area (Å²) in [6, 6.07) is 0. The van der Waals surface area contributed by atoms with Crippen LogP contribution in [0.25, 0.3) is 0 Å². The molecule has 0 aromatic carbocycles. The zero-order valence-electron chi connectivity index (χ0n) is 11.4. The molecule has 18 heavy (non-hydrogen) atoms. The molecule has 0 amide bonds. The number of methoxy groups -OCH3 is 2. The molecule has 0 spiro atoms. The topological polar surface area (TPSA) is 52.6 Å². The lowest BCUT2D eigenvalue weighted by atomic mass is 10.1. The lowest BCUT2D eigenvalue weighted by molar-refractivity contribution is -0.140. The molecule has 0 saturated carbocycles. The maximum atomic E-state index is 10.8. The Balaban J connectivity index is 3.19. The zero-order chi connectivity index (χ0) is 13.6. The average molecular weight is 256 g/mol. The van der Waals surface area contributed by atoms with Gasteiger partial charge in [-0.15, -0.1) is 0 Å². The molecule has 4 nitrogen and oxygen atoms in total. The first-order valence-electron chi connectivity index (χ1n) is 6.52. The number of carbonyl (C=O) groups excluding carboxylic acids is 2. The maximum Gasteiger partial charge on any atom is 0.330 e. The van der Waals surface area contributed by atoms with Crippen molar-refractivity contribution in [3.63, 3.8) is 0 Å². The van der Waals surface area contributed by atoms with Gasteiger partial charge in [0.2, 0.25) is 0 Å². The van der Waals surface area contributed by atoms with E-state index in [9.17, 15) is 9.59 Å². The predicted molar refractivity (Wildman–Crippen MR) is 70.1 cm³/mol. The van der Waals surface area contributed by atoms with Crippen LogP contribution in [0.2, 0.25) is 0 Å². The van der Waals surface area contributed by atoms with Crippen molar-refractivity contribution in [3.8, 4) is 0 Å². The van der Waals surface area contributed by atoms with Gasteiger partial charge in [-0.3, -0.25) is 4.79 Å². The molecular weight excluding hydrogens is 232 g/mol. The fraction of sp³-hybridized carbons (Fsp3) is 0.714. The molecule has 0 N–H and O–H groups in total. The van der Waals surface area contributed by atoms with E-state index < -0.39 is 0 Å². The Hall–Kier alpha value is -1.32. The molecule has 0 aliphatic carbocycles. The van der Waals surface area contributed by atoms with Gasteiger partial charge >= 0.3 is 11.9 Å². The van der Waals surface area contributed by atoms with E-state index in [0.29, 0.717) is 6.42 Å². The Morgan fingerprint density at radius 2 is 1.50 bits per heavy atom. The molecule has 0 radical (unpaired) electrons. The van der Waals surface area contributed by atoms with Gasteiger partial charge in [0.1, 0.15) is 0 Å². The second kappa shape index (κ2) is 12.1. The number of carbonyl (C=O) groups is 2. The smallest absolute Gasteiger partial charge is 0.330 e. The second-order valence-electron chi connectivity index (χ2n) is 4.16. The third-order valence-electron chi connectivity index (χ3n) is 2.68. The molecule has 4 heteroatoms. The SMILES string of the molecule is COC(=O)C=CCCCCCCCCC(=O)OC. The van der Waals surface area contributed by atoms with Crippen molar-refractivity contribution in [2.45, 2.75) is 51.4 Å². The molecule has 0 bridgehead atoms. The van der Waals surface area contributed by atoms with Gasteiger partial charge in [-0.1, -0.05) is 31.8 Å². The first-order valence-corrected chi connectivity index (χ1v) is 6.52. The minimum absolute atomic E-state index is 0.122. The van der Waals surface area contributed by atoms with Gasteiger partial charge in [-0.05, 0) is 19.3 Å². The Labute approximate surface area is 109 Å². The molecular formula is C14H24O4. The Morgan fingerprint density at radius 3 is 2.11 bits per heavy atom. The van der Waals surface area contributed by atoms with Gasteiger partial charge in [0, 0.05) is 12.5 Å². The molecule has 0 unspecified atom stereocenters. The quantitative estimate of drug-likeness (QED) is 0.342. The summed E-state index contributed by atoms with van der Waals surface area (Å²) in [7, 11) is 2.80. The fourth-order valence-electron chi connectivity index (χ4n) is 1.59. The van der Waals surface area contributed by atoms with Crippen LogP contribution in [0.3, 0.4) is 0 Å². The number of rotatable bonds is 10. The third-order valence-corrected chi connectivity index (χ3v) is 2.68. The first kappa shape index (κ1) is 16.7. The lowest BCUT2D eigenvalue weighted by Crippen LogP contribution is -1.99. The minimum atomic E-state index is -0.294. The highest BCUT2D eigenvalue weighted by atomic mass is 16.5. The Bertz CT molecular complexity index is 259. The van der Waals surface area contributed by atoms with Crippen LogP contribution < -0.4 is 0 Å². The molecule has 0 aromatic rings. The van der Waals surface area contributed by atoms with Crippen molar-refractivity contribution in [1.29, 1.82) is 0 Å². The van der Waals surface area contributed by atoms with E-state index in [2.05, 4.69) is 9.47 Å². The van der Waals surface area contributed by atoms with Gasteiger partial charge in [-0.25, -0.2) is 4.79 Å². The molecule has 0 atom stereocenters. The Morgan fingerprint density at radius 1 is 0.889 bits per heavy atom. The average Bonchev–Trinajstić information content (AvgIpc) is 2.40. The minimum Gasteiger partial charge on any atom is -0.469 e. The van der Waals surface area contributed by atoms with Crippen LogP contribution in [0, 0.1) is 0 Å². The number of esters is 2. The van der Waals surface area contributed by atoms with Crippen molar-refractivity contribution in [1.82, 2.24) is 0 Å². The van der Waals surface area contributed by atoms with Crippen LogP contribution in [-0.2, 0) is 19.1 Å². The first-order chi connectivity index (χ1) is 8.70. The number of unbranched alkanes of at least 4 members (excludes halogenated alkanes) is 6. The summed E-state index contributed by atoms with van der Waals surface area (Å²) < 4.78 is 9.05. The van der Waals surface area contributed by atoms with Crippen molar-refractivity contribution in [2.24, 2.45) is 0 Å². The van der Waals surface area contributed by atoms with Crippen molar-refractivity contribution >= 4 is 11.9 Å². The molecule has 0 fully saturated rings. The summed E-state index contributed by atoms with van der Waals surface area (Å²) >= 11 is 0.